The molecule has 0 aromatic heterocycles. The van der Waals surface area contributed by atoms with Crippen LogP contribution in [0.5, 0.6) is 0 Å². The number of carbonyl (C=O) groups excluding carboxylic acids is 1. The van der Waals surface area contributed by atoms with Gasteiger partial charge in [0.25, 0.3) is 5.91 Å². The Balaban J connectivity index is 2.21. The van der Waals surface area contributed by atoms with Gasteiger partial charge in [0.1, 0.15) is 0 Å². The number of aryl methyl sites for hydroxylation is 1. The van der Waals surface area contributed by atoms with Crippen LogP contribution in [0.3, 0.4) is 0 Å². The number of carbonyl (C=O) groups is 2. The van der Waals surface area contributed by atoms with Crippen molar-refractivity contribution in [1.29, 1.82) is 0 Å². The molecular formula is C16H15NO3. The average Bonchev–Trinajstić information content (AvgIpc) is 2.45. The molecule has 20 heavy (non-hydrogen) atoms. The van der Waals surface area contributed by atoms with Gasteiger partial charge < -0.3 is 10.4 Å². The molecule has 0 fully saturated rings. The summed E-state index contributed by atoms with van der Waals surface area (Å²) < 4.78 is 0. The molecule has 0 aliphatic rings. The van der Waals surface area contributed by atoms with Crippen molar-refractivity contribution in [1.82, 2.24) is 5.32 Å². The normalized spacial score (nSPS) is 11.7. The molecule has 0 aliphatic carbocycles. The summed E-state index contributed by atoms with van der Waals surface area (Å²) in [4.78, 5) is 23.4. The Morgan fingerprint density at radius 2 is 1.75 bits per heavy atom. The summed E-state index contributed by atoms with van der Waals surface area (Å²) in [5.74, 6) is -1.48. The summed E-state index contributed by atoms with van der Waals surface area (Å²) >= 11 is 0. The first-order valence-corrected chi connectivity index (χ1v) is 6.23. The minimum atomic E-state index is -1.09. The highest BCUT2D eigenvalue weighted by atomic mass is 16.4. The van der Waals surface area contributed by atoms with Gasteiger partial charge in [-0.25, -0.2) is 4.79 Å². The third-order valence-electron chi connectivity index (χ3n) is 2.94. The largest absolute Gasteiger partial charge is 0.479 e. The highest BCUT2D eigenvalue weighted by Crippen LogP contribution is 2.14. The molecule has 0 saturated heterocycles. The van der Waals surface area contributed by atoms with Crippen LogP contribution in [-0.4, -0.2) is 17.0 Å². The van der Waals surface area contributed by atoms with Gasteiger partial charge in [0.2, 0.25) is 0 Å². The number of nitrogens with one attached hydrogen (secondary N) is 1. The van der Waals surface area contributed by atoms with Crippen molar-refractivity contribution in [3.05, 3.63) is 71.3 Å². The van der Waals surface area contributed by atoms with Crippen molar-refractivity contribution in [3.8, 4) is 0 Å². The number of amides is 1. The van der Waals surface area contributed by atoms with Crippen LogP contribution in [0.15, 0.2) is 54.6 Å². The van der Waals surface area contributed by atoms with Crippen LogP contribution in [-0.2, 0) is 4.79 Å². The van der Waals surface area contributed by atoms with Gasteiger partial charge in [0.15, 0.2) is 6.04 Å². The van der Waals surface area contributed by atoms with Crippen LogP contribution in [0.25, 0.3) is 0 Å². The molecule has 0 bridgehead atoms. The van der Waals surface area contributed by atoms with E-state index in [9.17, 15) is 14.7 Å². The van der Waals surface area contributed by atoms with Gasteiger partial charge >= 0.3 is 5.97 Å². The van der Waals surface area contributed by atoms with E-state index >= 15 is 0 Å². The topological polar surface area (TPSA) is 66.4 Å². The van der Waals surface area contributed by atoms with E-state index in [-0.39, 0.29) is 0 Å². The highest BCUT2D eigenvalue weighted by molar-refractivity contribution is 5.96. The zero-order valence-corrected chi connectivity index (χ0v) is 11.0. The fourth-order valence-electron chi connectivity index (χ4n) is 1.93. The third kappa shape index (κ3) is 3.23. The first-order chi connectivity index (χ1) is 9.58. The van der Waals surface area contributed by atoms with Crippen LogP contribution >= 0.6 is 0 Å². The van der Waals surface area contributed by atoms with Crippen molar-refractivity contribution in [3.63, 3.8) is 0 Å². The fraction of sp³-hybridized carbons (Fsp3) is 0.125. The maximum atomic E-state index is 12.1. The second-order valence-corrected chi connectivity index (χ2v) is 4.52. The molecule has 1 amide bonds. The smallest absolute Gasteiger partial charge is 0.330 e. The van der Waals surface area contributed by atoms with Crippen LogP contribution in [0.1, 0.15) is 27.5 Å². The molecular weight excluding hydrogens is 254 g/mol. The lowest BCUT2D eigenvalue weighted by Crippen LogP contribution is -2.33. The summed E-state index contributed by atoms with van der Waals surface area (Å²) in [5.41, 5.74) is 1.94. The lowest BCUT2D eigenvalue weighted by Gasteiger charge is -2.15. The molecule has 1 unspecified atom stereocenters. The van der Waals surface area contributed by atoms with E-state index in [1.54, 1.807) is 48.5 Å². The van der Waals surface area contributed by atoms with Gasteiger partial charge in [-0.2, -0.15) is 0 Å². The molecule has 0 saturated carbocycles. The number of benzene rings is 2. The summed E-state index contributed by atoms with van der Waals surface area (Å²) in [7, 11) is 0. The van der Waals surface area contributed by atoms with Gasteiger partial charge in [-0.3, -0.25) is 4.79 Å². The van der Waals surface area contributed by atoms with Crippen molar-refractivity contribution in [2.75, 3.05) is 0 Å². The van der Waals surface area contributed by atoms with E-state index < -0.39 is 17.9 Å². The molecule has 4 nitrogen and oxygen atoms in total. The molecule has 102 valence electrons. The van der Waals surface area contributed by atoms with Crippen LogP contribution in [0.2, 0.25) is 0 Å². The Morgan fingerprint density at radius 3 is 2.35 bits per heavy atom. The number of carboxylic acids is 1. The molecule has 2 aromatic carbocycles. The summed E-state index contributed by atoms with van der Waals surface area (Å²) in [6.45, 7) is 1.88. The third-order valence-corrected chi connectivity index (χ3v) is 2.94. The number of rotatable bonds is 4. The predicted molar refractivity (Wildman–Crippen MR) is 75.5 cm³/mol. The number of aliphatic carboxylic acids is 1. The molecule has 0 spiro atoms. The molecule has 0 radical (unpaired) electrons. The lowest BCUT2D eigenvalue weighted by molar-refractivity contribution is -0.139. The second kappa shape index (κ2) is 6.02. The summed E-state index contributed by atoms with van der Waals surface area (Å²) in [5, 5.41) is 11.8. The predicted octanol–water partition coefficient (Wildman–Crippen LogP) is 2.55. The molecule has 2 aromatic rings. The highest BCUT2D eigenvalue weighted by Gasteiger charge is 2.22. The lowest BCUT2D eigenvalue weighted by atomic mass is 10.1. The van der Waals surface area contributed by atoms with Crippen LogP contribution < -0.4 is 5.32 Å². The summed E-state index contributed by atoms with van der Waals surface area (Å²) in [6.07, 6.45) is 0. The standard InChI is InChI=1S/C16H15NO3/c1-11-6-5-9-13(10-11)15(18)17-14(16(19)20)12-7-3-2-4-8-12/h2-10,14H,1H3,(H,17,18)(H,19,20). The Hall–Kier alpha value is -2.62. The number of carboxylic acid groups (broad SMARTS) is 1. The Labute approximate surface area is 117 Å². The van der Waals surface area contributed by atoms with Crippen molar-refractivity contribution >= 4 is 11.9 Å². The molecule has 2 N–H and O–H groups in total. The quantitative estimate of drug-likeness (QED) is 0.896. The van der Waals surface area contributed by atoms with Crippen molar-refractivity contribution in [2.45, 2.75) is 13.0 Å². The van der Waals surface area contributed by atoms with Gasteiger partial charge in [0, 0.05) is 5.56 Å². The van der Waals surface area contributed by atoms with Gasteiger partial charge in [-0.15, -0.1) is 0 Å². The Kier molecular flexibility index (Phi) is 4.15. The maximum Gasteiger partial charge on any atom is 0.330 e. The second-order valence-electron chi connectivity index (χ2n) is 4.52. The minimum Gasteiger partial charge on any atom is -0.479 e. The van der Waals surface area contributed by atoms with Crippen LogP contribution in [0, 0.1) is 6.92 Å². The number of hydrogen-bond donors (Lipinski definition) is 2. The first-order valence-electron chi connectivity index (χ1n) is 6.23. The maximum absolute atomic E-state index is 12.1. The van der Waals surface area contributed by atoms with E-state index in [4.69, 9.17) is 0 Å². The Morgan fingerprint density at radius 1 is 1.05 bits per heavy atom. The molecule has 0 aliphatic heterocycles. The van der Waals surface area contributed by atoms with E-state index in [1.807, 2.05) is 13.0 Å². The van der Waals surface area contributed by atoms with E-state index in [0.29, 0.717) is 11.1 Å². The van der Waals surface area contributed by atoms with E-state index in [1.165, 1.54) is 0 Å². The Bertz CT molecular complexity index is 623. The van der Waals surface area contributed by atoms with Gasteiger partial charge in [-0.1, -0.05) is 48.0 Å². The van der Waals surface area contributed by atoms with Crippen LogP contribution in [0.4, 0.5) is 0 Å². The van der Waals surface area contributed by atoms with E-state index in [2.05, 4.69) is 5.32 Å². The molecule has 0 heterocycles. The van der Waals surface area contributed by atoms with Gasteiger partial charge in [-0.05, 0) is 24.6 Å². The first kappa shape index (κ1) is 13.8. The van der Waals surface area contributed by atoms with Crippen molar-refractivity contribution < 1.29 is 14.7 Å². The minimum absolute atomic E-state index is 0.398. The zero-order valence-electron chi connectivity index (χ0n) is 11.0. The van der Waals surface area contributed by atoms with E-state index in [0.717, 1.165) is 5.56 Å². The monoisotopic (exact) mass is 269 g/mol. The van der Waals surface area contributed by atoms with Crippen molar-refractivity contribution in [2.24, 2.45) is 0 Å². The fourth-order valence-corrected chi connectivity index (χ4v) is 1.93. The summed E-state index contributed by atoms with van der Waals surface area (Å²) in [6, 6.07) is 14.6. The molecule has 1 atom stereocenters. The zero-order chi connectivity index (χ0) is 14.5. The molecule has 2 rings (SSSR count). The molecule has 4 heteroatoms. The SMILES string of the molecule is Cc1cccc(C(=O)NC(C(=O)O)c2ccccc2)c1. The van der Waals surface area contributed by atoms with Gasteiger partial charge in [0.05, 0.1) is 0 Å². The number of hydrogen-bond acceptors (Lipinski definition) is 2. The average molecular weight is 269 g/mol.